The van der Waals surface area contributed by atoms with Crippen molar-refractivity contribution in [2.24, 2.45) is 4.99 Å². The number of nitrogens with zero attached hydrogens (tertiary/aromatic N) is 1. The first kappa shape index (κ1) is 14.8. The monoisotopic (exact) mass is 314 g/mol. The molecule has 1 heterocycles. The number of anilines is 1. The molecule has 1 aliphatic heterocycles. The van der Waals surface area contributed by atoms with Crippen molar-refractivity contribution < 1.29 is 4.39 Å². The average Bonchev–Trinajstić information content (AvgIpc) is 2.58. The molecule has 1 aliphatic rings. The Balaban J connectivity index is 2.24. The average molecular weight is 315 g/mol. The van der Waals surface area contributed by atoms with E-state index in [0.717, 1.165) is 34.4 Å². The molecule has 0 bridgehead atoms. The first-order chi connectivity index (χ1) is 10.5. The minimum Gasteiger partial charge on any atom is -0.398 e. The van der Waals surface area contributed by atoms with Crippen LogP contribution in [0.1, 0.15) is 30.0 Å². The number of fused-ring (bicyclic) bond motifs is 1. The van der Waals surface area contributed by atoms with Gasteiger partial charge < -0.3 is 5.73 Å². The van der Waals surface area contributed by atoms with E-state index in [4.69, 9.17) is 22.3 Å². The van der Waals surface area contributed by atoms with E-state index in [1.54, 1.807) is 12.1 Å². The normalized spacial score (nSPS) is 17.7. The third kappa shape index (κ3) is 2.64. The lowest BCUT2D eigenvalue weighted by molar-refractivity contribution is 0.628. The summed E-state index contributed by atoms with van der Waals surface area (Å²) in [7, 11) is 0. The van der Waals surface area contributed by atoms with E-state index in [1.807, 2.05) is 19.1 Å². The number of aliphatic imine (C=N–C) groups is 1. The highest BCUT2D eigenvalue weighted by Crippen LogP contribution is 2.34. The van der Waals surface area contributed by atoms with Crippen LogP contribution in [-0.4, -0.2) is 11.8 Å². The molecule has 112 valence electrons. The minimum atomic E-state index is -0.272. The molecule has 0 radical (unpaired) electrons. The van der Waals surface area contributed by atoms with Gasteiger partial charge in [0.1, 0.15) is 5.82 Å². The summed E-state index contributed by atoms with van der Waals surface area (Å²) in [6.45, 7) is 6.18. The van der Waals surface area contributed by atoms with Crippen molar-refractivity contribution in [3.8, 4) is 0 Å². The van der Waals surface area contributed by atoms with Gasteiger partial charge >= 0.3 is 0 Å². The Labute approximate surface area is 134 Å². The Morgan fingerprint density at radius 3 is 2.59 bits per heavy atom. The second-order valence-electron chi connectivity index (χ2n) is 5.56. The molecule has 1 atom stereocenters. The van der Waals surface area contributed by atoms with Gasteiger partial charge in [0.2, 0.25) is 0 Å². The highest BCUT2D eigenvalue weighted by atomic mass is 35.5. The number of rotatable bonds is 1. The van der Waals surface area contributed by atoms with Crippen LogP contribution in [0.5, 0.6) is 0 Å². The molecule has 0 amide bonds. The van der Waals surface area contributed by atoms with Crippen LogP contribution in [0.2, 0.25) is 5.02 Å². The van der Waals surface area contributed by atoms with Gasteiger partial charge in [-0.15, -0.1) is 0 Å². The van der Waals surface area contributed by atoms with Gasteiger partial charge in [0.05, 0.1) is 22.5 Å². The van der Waals surface area contributed by atoms with Crippen LogP contribution >= 0.6 is 11.6 Å². The van der Waals surface area contributed by atoms with Gasteiger partial charge in [0, 0.05) is 11.1 Å². The van der Waals surface area contributed by atoms with Crippen molar-refractivity contribution in [3.05, 3.63) is 70.5 Å². The Morgan fingerprint density at radius 1 is 1.23 bits per heavy atom. The summed E-state index contributed by atoms with van der Waals surface area (Å²) in [5.41, 5.74) is 10.9. The number of nitrogen functional groups attached to an aromatic ring is 1. The van der Waals surface area contributed by atoms with Crippen molar-refractivity contribution in [3.63, 3.8) is 0 Å². The molecule has 0 spiro atoms. The quantitative estimate of drug-likeness (QED) is 0.761. The molecule has 3 rings (SSSR count). The van der Waals surface area contributed by atoms with Crippen LogP contribution in [0.25, 0.3) is 5.57 Å². The Hall–Kier alpha value is -2.13. The zero-order valence-electron chi connectivity index (χ0n) is 12.2. The van der Waals surface area contributed by atoms with Crippen LogP contribution in [0.15, 0.2) is 48.0 Å². The van der Waals surface area contributed by atoms with Gasteiger partial charge in [0.25, 0.3) is 0 Å². The second-order valence-corrected chi connectivity index (χ2v) is 5.97. The highest BCUT2D eigenvalue weighted by molar-refractivity contribution is 6.34. The highest BCUT2D eigenvalue weighted by Gasteiger charge is 2.21. The van der Waals surface area contributed by atoms with E-state index < -0.39 is 0 Å². The van der Waals surface area contributed by atoms with Gasteiger partial charge in [0.15, 0.2) is 0 Å². The van der Waals surface area contributed by atoms with Crippen LogP contribution in [0.4, 0.5) is 10.1 Å². The van der Waals surface area contributed by atoms with E-state index in [9.17, 15) is 4.39 Å². The van der Waals surface area contributed by atoms with Gasteiger partial charge in [-0.2, -0.15) is 0 Å². The smallest absolute Gasteiger partial charge is 0.123 e. The summed E-state index contributed by atoms with van der Waals surface area (Å²) in [5, 5.41) is 0.482. The summed E-state index contributed by atoms with van der Waals surface area (Å²) in [6.07, 6.45) is 0.749. The van der Waals surface area contributed by atoms with Crippen molar-refractivity contribution in [1.82, 2.24) is 0 Å². The molecule has 0 aromatic heterocycles. The fourth-order valence-corrected chi connectivity index (χ4v) is 2.88. The molecule has 2 aromatic rings. The number of hydrogen-bond acceptors (Lipinski definition) is 2. The number of nitrogens with two attached hydrogens (primary N) is 1. The Morgan fingerprint density at radius 2 is 1.91 bits per heavy atom. The maximum atomic E-state index is 13.2. The van der Waals surface area contributed by atoms with Crippen molar-refractivity contribution in [1.29, 1.82) is 0 Å². The van der Waals surface area contributed by atoms with Crippen LogP contribution < -0.4 is 5.73 Å². The summed E-state index contributed by atoms with van der Waals surface area (Å²) >= 11 is 6.19. The predicted octanol–water partition coefficient (Wildman–Crippen LogP) is 4.70. The zero-order chi connectivity index (χ0) is 15.9. The molecular weight excluding hydrogens is 299 g/mol. The first-order valence-corrected chi connectivity index (χ1v) is 7.45. The fraction of sp³-hybridized carbons (Fsp3) is 0.167. The van der Waals surface area contributed by atoms with E-state index >= 15 is 0 Å². The predicted molar refractivity (Wildman–Crippen MR) is 91.0 cm³/mol. The summed E-state index contributed by atoms with van der Waals surface area (Å²) < 4.78 is 13.2. The summed E-state index contributed by atoms with van der Waals surface area (Å²) in [6, 6.07) is 10.1. The SMILES string of the molecule is C=C1CC(C)N=C(c2ccc(F)cc2)c2cc(Cl)c(N)cc21. The topological polar surface area (TPSA) is 38.4 Å². The van der Waals surface area contributed by atoms with Gasteiger partial charge in [-0.25, -0.2) is 4.39 Å². The standard InChI is InChI=1S/C18H16ClFN2/c1-10-7-11(2)22-18(12-3-5-13(20)6-4-12)15-8-16(19)17(21)9-14(10)15/h3-6,8-9,11H,1,7,21H2,2H3. The molecule has 2 N–H and O–H groups in total. The van der Waals surface area contributed by atoms with Crippen LogP contribution in [0.3, 0.4) is 0 Å². The maximum absolute atomic E-state index is 13.2. The number of hydrogen-bond donors (Lipinski definition) is 1. The fourth-order valence-electron chi connectivity index (χ4n) is 2.72. The molecular formula is C18H16ClFN2. The first-order valence-electron chi connectivity index (χ1n) is 7.07. The molecule has 1 unspecified atom stereocenters. The lowest BCUT2D eigenvalue weighted by Crippen LogP contribution is -2.08. The number of halogens is 2. The van der Waals surface area contributed by atoms with Crippen molar-refractivity contribution in [2.75, 3.05) is 5.73 Å². The largest absolute Gasteiger partial charge is 0.398 e. The number of benzene rings is 2. The molecule has 4 heteroatoms. The van der Waals surface area contributed by atoms with Crippen molar-refractivity contribution >= 4 is 28.6 Å². The minimum absolute atomic E-state index is 0.0833. The molecule has 0 saturated carbocycles. The molecule has 2 aromatic carbocycles. The Kier molecular flexibility index (Phi) is 3.75. The van der Waals surface area contributed by atoms with Gasteiger partial charge in [-0.3, -0.25) is 4.99 Å². The lowest BCUT2D eigenvalue weighted by Gasteiger charge is -2.13. The third-order valence-corrected chi connectivity index (χ3v) is 4.11. The van der Waals surface area contributed by atoms with Crippen molar-refractivity contribution in [2.45, 2.75) is 19.4 Å². The molecule has 22 heavy (non-hydrogen) atoms. The van der Waals surface area contributed by atoms with Gasteiger partial charge in [-0.1, -0.05) is 18.2 Å². The summed E-state index contributed by atoms with van der Waals surface area (Å²) in [4.78, 5) is 4.77. The van der Waals surface area contributed by atoms with E-state index in [1.165, 1.54) is 12.1 Å². The molecule has 0 fully saturated rings. The lowest BCUT2D eigenvalue weighted by atomic mass is 9.93. The van der Waals surface area contributed by atoms with E-state index in [0.29, 0.717) is 10.7 Å². The zero-order valence-corrected chi connectivity index (χ0v) is 13.0. The van der Waals surface area contributed by atoms with Crippen LogP contribution in [0, 0.1) is 5.82 Å². The van der Waals surface area contributed by atoms with E-state index in [2.05, 4.69) is 6.58 Å². The van der Waals surface area contributed by atoms with Gasteiger partial charge in [-0.05, 0) is 60.9 Å². The van der Waals surface area contributed by atoms with E-state index in [-0.39, 0.29) is 11.9 Å². The second kappa shape index (κ2) is 5.58. The molecule has 0 saturated heterocycles. The molecule has 0 aliphatic carbocycles. The maximum Gasteiger partial charge on any atom is 0.123 e. The van der Waals surface area contributed by atoms with Crippen LogP contribution in [-0.2, 0) is 0 Å². The Bertz CT molecular complexity index is 778. The molecule has 2 nitrogen and oxygen atoms in total. The summed E-state index contributed by atoms with van der Waals surface area (Å²) in [5.74, 6) is -0.272. The third-order valence-electron chi connectivity index (χ3n) is 3.78.